The molecule has 76 valence electrons. The van der Waals surface area contributed by atoms with Gasteiger partial charge in [-0.25, -0.2) is 4.79 Å². The normalized spacial score (nSPS) is 9.71. The van der Waals surface area contributed by atoms with Crippen molar-refractivity contribution in [3.63, 3.8) is 0 Å². The topological polar surface area (TPSA) is 35.5 Å². The highest BCUT2D eigenvalue weighted by Gasteiger charge is 2.08. The third-order valence-corrected chi connectivity index (χ3v) is 2.12. The van der Waals surface area contributed by atoms with Crippen molar-refractivity contribution >= 4 is 6.16 Å². The second kappa shape index (κ2) is 4.13. The van der Waals surface area contributed by atoms with Gasteiger partial charge in [-0.3, -0.25) is 0 Å². The van der Waals surface area contributed by atoms with E-state index in [0.717, 1.165) is 16.7 Å². The van der Waals surface area contributed by atoms with Crippen LogP contribution in [0.4, 0.5) is 4.79 Å². The Kier molecular flexibility index (Phi) is 3.12. The minimum Gasteiger partial charge on any atom is -0.437 e. The molecule has 14 heavy (non-hydrogen) atoms. The monoisotopic (exact) mass is 194 g/mol. The Bertz CT molecular complexity index is 356. The first-order valence-electron chi connectivity index (χ1n) is 4.38. The molecule has 0 amide bonds. The molecule has 0 saturated heterocycles. The van der Waals surface area contributed by atoms with Gasteiger partial charge in [-0.05, 0) is 43.5 Å². The second-order valence-corrected chi connectivity index (χ2v) is 3.26. The van der Waals surface area contributed by atoms with Crippen LogP contribution in [-0.4, -0.2) is 13.3 Å². The lowest BCUT2D eigenvalue weighted by atomic mass is 10.1. The summed E-state index contributed by atoms with van der Waals surface area (Å²) in [7, 11) is 1.29. The first-order chi connectivity index (χ1) is 6.54. The summed E-state index contributed by atoms with van der Waals surface area (Å²) in [5.74, 6) is 0.564. The lowest BCUT2D eigenvalue weighted by Gasteiger charge is -2.09. The molecule has 0 radical (unpaired) electrons. The summed E-state index contributed by atoms with van der Waals surface area (Å²) in [5, 5.41) is 0. The van der Waals surface area contributed by atoms with E-state index in [2.05, 4.69) is 4.74 Å². The first-order valence-corrected chi connectivity index (χ1v) is 4.38. The Morgan fingerprint density at radius 1 is 1.21 bits per heavy atom. The van der Waals surface area contributed by atoms with E-state index in [1.807, 2.05) is 32.9 Å². The third kappa shape index (κ3) is 2.25. The van der Waals surface area contributed by atoms with Crippen LogP contribution in [0.2, 0.25) is 0 Å². The standard InChI is InChI=1S/C11H14O3/c1-7-5-8(2)9(3)10(6-7)14-11(12)13-4/h5-6H,1-4H3. The van der Waals surface area contributed by atoms with Crippen molar-refractivity contribution in [2.45, 2.75) is 20.8 Å². The maximum absolute atomic E-state index is 10.9. The van der Waals surface area contributed by atoms with Crippen molar-refractivity contribution in [2.75, 3.05) is 7.11 Å². The summed E-state index contributed by atoms with van der Waals surface area (Å²) in [6.45, 7) is 5.84. The predicted molar refractivity (Wildman–Crippen MR) is 53.7 cm³/mol. The fourth-order valence-electron chi connectivity index (χ4n) is 1.24. The smallest absolute Gasteiger partial charge is 0.437 e. The van der Waals surface area contributed by atoms with E-state index < -0.39 is 6.16 Å². The average molecular weight is 194 g/mol. The van der Waals surface area contributed by atoms with Gasteiger partial charge < -0.3 is 9.47 Å². The van der Waals surface area contributed by atoms with Gasteiger partial charge in [0.1, 0.15) is 5.75 Å². The molecule has 0 aliphatic rings. The molecule has 0 atom stereocenters. The van der Waals surface area contributed by atoms with Crippen molar-refractivity contribution in [3.8, 4) is 5.75 Å². The van der Waals surface area contributed by atoms with Crippen LogP contribution >= 0.6 is 0 Å². The van der Waals surface area contributed by atoms with Crippen LogP contribution in [0.25, 0.3) is 0 Å². The van der Waals surface area contributed by atoms with Crippen LogP contribution in [0.3, 0.4) is 0 Å². The van der Waals surface area contributed by atoms with E-state index in [1.54, 1.807) is 0 Å². The Hall–Kier alpha value is -1.51. The maximum Gasteiger partial charge on any atom is 0.513 e. The highest BCUT2D eigenvalue weighted by atomic mass is 16.7. The van der Waals surface area contributed by atoms with E-state index in [0.29, 0.717) is 5.75 Å². The van der Waals surface area contributed by atoms with E-state index in [-0.39, 0.29) is 0 Å². The Labute approximate surface area is 83.6 Å². The molecule has 1 rings (SSSR count). The number of methoxy groups -OCH3 is 1. The molecule has 3 heteroatoms. The Balaban J connectivity index is 3.02. The zero-order chi connectivity index (χ0) is 10.7. The average Bonchev–Trinajstić information content (AvgIpc) is 2.13. The Morgan fingerprint density at radius 3 is 2.43 bits per heavy atom. The predicted octanol–water partition coefficient (Wildman–Crippen LogP) is 2.76. The molecule has 1 aromatic rings. The molecular formula is C11H14O3. The van der Waals surface area contributed by atoms with Crippen molar-refractivity contribution < 1.29 is 14.3 Å². The lowest BCUT2D eigenvalue weighted by Crippen LogP contribution is -2.08. The molecule has 1 aromatic carbocycles. The van der Waals surface area contributed by atoms with Crippen molar-refractivity contribution in [1.82, 2.24) is 0 Å². The fraction of sp³-hybridized carbons (Fsp3) is 0.364. The number of benzene rings is 1. The highest BCUT2D eigenvalue weighted by Crippen LogP contribution is 2.23. The zero-order valence-electron chi connectivity index (χ0n) is 8.88. The van der Waals surface area contributed by atoms with Crippen molar-refractivity contribution in [1.29, 1.82) is 0 Å². The van der Waals surface area contributed by atoms with Gasteiger partial charge in [0.2, 0.25) is 0 Å². The van der Waals surface area contributed by atoms with Gasteiger partial charge in [0.05, 0.1) is 7.11 Å². The van der Waals surface area contributed by atoms with Gasteiger partial charge in [0.25, 0.3) is 0 Å². The molecule has 0 heterocycles. The zero-order valence-corrected chi connectivity index (χ0v) is 8.88. The fourth-order valence-corrected chi connectivity index (χ4v) is 1.24. The molecule has 0 saturated carbocycles. The summed E-state index contributed by atoms with van der Waals surface area (Å²) >= 11 is 0. The van der Waals surface area contributed by atoms with Gasteiger partial charge in [-0.15, -0.1) is 0 Å². The van der Waals surface area contributed by atoms with E-state index in [1.165, 1.54) is 7.11 Å². The van der Waals surface area contributed by atoms with Gasteiger partial charge in [-0.2, -0.15) is 0 Å². The molecule has 0 unspecified atom stereocenters. The van der Waals surface area contributed by atoms with Gasteiger partial charge in [-0.1, -0.05) is 6.07 Å². The van der Waals surface area contributed by atoms with Crippen LogP contribution in [0.15, 0.2) is 12.1 Å². The molecule has 0 bridgehead atoms. The molecule has 0 spiro atoms. The van der Waals surface area contributed by atoms with E-state index in [9.17, 15) is 4.79 Å². The van der Waals surface area contributed by atoms with Crippen LogP contribution in [0.1, 0.15) is 16.7 Å². The summed E-state index contributed by atoms with van der Waals surface area (Å²) in [6, 6.07) is 3.86. The maximum atomic E-state index is 10.9. The summed E-state index contributed by atoms with van der Waals surface area (Å²) in [5.41, 5.74) is 3.12. The van der Waals surface area contributed by atoms with Crippen LogP contribution in [0.5, 0.6) is 5.75 Å². The quantitative estimate of drug-likeness (QED) is 0.509. The van der Waals surface area contributed by atoms with Crippen molar-refractivity contribution in [3.05, 3.63) is 28.8 Å². The number of hydrogen-bond donors (Lipinski definition) is 0. The number of aryl methyl sites for hydroxylation is 2. The first kappa shape index (κ1) is 10.6. The molecule has 0 aliphatic carbocycles. The van der Waals surface area contributed by atoms with E-state index >= 15 is 0 Å². The molecule has 3 nitrogen and oxygen atoms in total. The Morgan fingerprint density at radius 2 is 1.86 bits per heavy atom. The van der Waals surface area contributed by atoms with Crippen LogP contribution in [-0.2, 0) is 4.74 Å². The van der Waals surface area contributed by atoms with Crippen molar-refractivity contribution in [2.24, 2.45) is 0 Å². The molecular weight excluding hydrogens is 180 g/mol. The summed E-state index contributed by atoms with van der Waals surface area (Å²) in [6.07, 6.45) is -0.682. The highest BCUT2D eigenvalue weighted by molar-refractivity contribution is 5.64. The van der Waals surface area contributed by atoms with Crippen LogP contribution < -0.4 is 4.74 Å². The van der Waals surface area contributed by atoms with Gasteiger partial charge in [0.15, 0.2) is 0 Å². The SMILES string of the molecule is COC(=O)Oc1cc(C)cc(C)c1C. The second-order valence-electron chi connectivity index (χ2n) is 3.26. The van der Waals surface area contributed by atoms with Crippen LogP contribution in [0, 0.1) is 20.8 Å². The summed E-state index contributed by atoms with van der Waals surface area (Å²) in [4.78, 5) is 10.9. The number of ether oxygens (including phenoxy) is 2. The summed E-state index contributed by atoms with van der Waals surface area (Å²) < 4.78 is 9.42. The van der Waals surface area contributed by atoms with Gasteiger partial charge >= 0.3 is 6.16 Å². The molecule has 0 aromatic heterocycles. The minimum absolute atomic E-state index is 0.564. The minimum atomic E-state index is -0.682. The molecule has 0 N–H and O–H groups in total. The molecule has 0 aliphatic heterocycles. The number of carbonyl (C=O) groups is 1. The van der Waals surface area contributed by atoms with Gasteiger partial charge in [0, 0.05) is 0 Å². The largest absolute Gasteiger partial charge is 0.513 e. The third-order valence-electron chi connectivity index (χ3n) is 2.12. The number of carbonyl (C=O) groups excluding carboxylic acids is 1. The number of hydrogen-bond acceptors (Lipinski definition) is 3. The lowest BCUT2D eigenvalue weighted by molar-refractivity contribution is 0.121. The molecule has 0 fully saturated rings. The number of rotatable bonds is 1. The van der Waals surface area contributed by atoms with E-state index in [4.69, 9.17) is 4.74 Å².